The third kappa shape index (κ3) is 2.95. The molecule has 0 amide bonds. The van der Waals surface area contributed by atoms with Gasteiger partial charge in [0, 0.05) is 0 Å². The Kier molecular flexibility index (Phi) is 5.45. The maximum absolute atomic E-state index is 4.93. The van der Waals surface area contributed by atoms with Crippen LogP contribution in [0.4, 0.5) is 0 Å². The van der Waals surface area contributed by atoms with E-state index < -0.39 is 20.8 Å². The Bertz CT molecular complexity index is 334. The van der Waals surface area contributed by atoms with E-state index in [-0.39, 0.29) is 0 Å². The van der Waals surface area contributed by atoms with Gasteiger partial charge in [0.2, 0.25) is 0 Å². The summed E-state index contributed by atoms with van der Waals surface area (Å²) in [5.74, 6) is 0.616. The van der Waals surface area contributed by atoms with Gasteiger partial charge in [-0.15, -0.1) is 0 Å². The van der Waals surface area contributed by atoms with Crippen molar-refractivity contribution in [3.63, 3.8) is 0 Å². The fourth-order valence-electron chi connectivity index (χ4n) is 1.67. The Morgan fingerprint density at radius 2 is 1.93 bits per heavy atom. The molecule has 0 radical (unpaired) electrons. The molecule has 1 aliphatic carbocycles. The van der Waals surface area contributed by atoms with E-state index in [9.17, 15) is 0 Å². The molecule has 0 spiro atoms. The zero-order chi connectivity index (χ0) is 10.6. The summed E-state index contributed by atoms with van der Waals surface area (Å²) >= 11 is -0.826. The number of allylic oxidation sites excluding steroid dienone is 1. The topological polar surface area (TPSA) is 0 Å². The molecule has 14 heavy (non-hydrogen) atoms. The summed E-state index contributed by atoms with van der Waals surface area (Å²) < 4.78 is 0. The van der Waals surface area contributed by atoms with Crippen molar-refractivity contribution in [1.29, 1.82) is 0 Å². The molecule has 1 atom stereocenters. The second-order valence-corrected chi connectivity index (χ2v) is 7.03. The summed E-state index contributed by atoms with van der Waals surface area (Å²) in [5, 5.41) is 0. The molecule has 2 rings (SSSR count). The van der Waals surface area contributed by atoms with Crippen molar-refractivity contribution in [2.75, 3.05) is 0 Å². The molecule has 0 saturated heterocycles. The molecule has 1 aliphatic rings. The Balaban J connectivity index is 0.000000293. The predicted octanol–water partition coefficient (Wildman–Crippen LogP) is 4.50. The summed E-state index contributed by atoms with van der Waals surface area (Å²) in [6, 6.07) is 6.52. The van der Waals surface area contributed by atoms with Crippen LogP contribution < -0.4 is 0 Å². The standard InChI is InChI=1S/C11H12.2ClH.Zr/c1-8-4-3-5-10-9(2)6-7-11(8)10;;;/h3-7,9H,1-2H3;2*1H;/q;;;+2/p-2. The quantitative estimate of drug-likeness (QED) is 0.662. The van der Waals surface area contributed by atoms with E-state index in [1.54, 1.807) is 0 Å². The third-order valence-corrected chi connectivity index (χ3v) is 2.40. The van der Waals surface area contributed by atoms with Gasteiger partial charge in [0.1, 0.15) is 0 Å². The molecular formula is C11H12Cl2Zr. The molecule has 1 aromatic rings. The number of aryl methyl sites for hydroxylation is 1. The van der Waals surface area contributed by atoms with Gasteiger partial charge < -0.3 is 0 Å². The monoisotopic (exact) mass is 304 g/mol. The summed E-state index contributed by atoms with van der Waals surface area (Å²) in [6.07, 6.45) is 4.49. The van der Waals surface area contributed by atoms with Crippen molar-refractivity contribution >= 4 is 23.1 Å². The summed E-state index contributed by atoms with van der Waals surface area (Å²) in [6.45, 7) is 4.41. The van der Waals surface area contributed by atoms with Gasteiger partial charge in [-0.2, -0.15) is 0 Å². The number of halogens is 2. The van der Waals surface area contributed by atoms with E-state index in [1.807, 2.05) is 0 Å². The van der Waals surface area contributed by atoms with E-state index in [4.69, 9.17) is 17.0 Å². The first kappa shape index (κ1) is 12.5. The van der Waals surface area contributed by atoms with E-state index in [1.165, 1.54) is 16.7 Å². The number of rotatable bonds is 0. The first-order chi connectivity index (χ1) is 6.70. The van der Waals surface area contributed by atoms with Crippen molar-refractivity contribution in [3.05, 3.63) is 41.0 Å². The Morgan fingerprint density at radius 3 is 2.50 bits per heavy atom. The second-order valence-electron chi connectivity index (χ2n) is 3.30. The van der Waals surface area contributed by atoms with Gasteiger partial charge in [0.25, 0.3) is 0 Å². The molecule has 1 unspecified atom stereocenters. The average molecular weight is 306 g/mol. The van der Waals surface area contributed by atoms with Crippen LogP contribution in [0, 0.1) is 6.92 Å². The zero-order valence-corrected chi connectivity index (χ0v) is 12.2. The number of benzene rings is 1. The average Bonchev–Trinajstić information content (AvgIpc) is 2.51. The molecule has 0 fully saturated rings. The molecule has 0 bridgehead atoms. The molecule has 0 aromatic heterocycles. The minimum atomic E-state index is -0.826. The van der Waals surface area contributed by atoms with Crippen LogP contribution in [-0.4, -0.2) is 0 Å². The van der Waals surface area contributed by atoms with Crippen LogP contribution in [0.2, 0.25) is 0 Å². The van der Waals surface area contributed by atoms with E-state index in [2.05, 4.69) is 44.2 Å². The maximum atomic E-state index is 4.93. The van der Waals surface area contributed by atoms with Crippen LogP contribution in [0.3, 0.4) is 0 Å². The van der Waals surface area contributed by atoms with Gasteiger partial charge >= 0.3 is 37.9 Å². The van der Waals surface area contributed by atoms with Gasteiger partial charge in [-0.05, 0) is 29.5 Å². The molecule has 0 saturated carbocycles. The minimum absolute atomic E-state index is 0.616. The molecule has 1 aromatic carbocycles. The molecule has 3 heteroatoms. The van der Waals surface area contributed by atoms with Gasteiger partial charge in [0.05, 0.1) is 0 Å². The molecule has 74 valence electrons. The van der Waals surface area contributed by atoms with Crippen LogP contribution >= 0.6 is 17.0 Å². The van der Waals surface area contributed by atoms with Crippen molar-refractivity contribution in [3.8, 4) is 0 Å². The van der Waals surface area contributed by atoms with E-state index in [0.29, 0.717) is 5.92 Å². The SMILES string of the molecule is Cc1cccc2c1C=CC2C.[Cl][Zr][Cl]. The first-order valence-electron chi connectivity index (χ1n) is 4.44. The number of hydrogen-bond acceptors (Lipinski definition) is 0. The normalized spacial score (nSPS) is 17.0. The van der Waals surface area contributed by atoms with E-state index in [0.717, 1.165) is 0 Å². The van der Waals surface area contributed by atoms with Gasteiger partial charge in [0.15, 0.2) is 0 Å². The molecule has 0 N–H and O–H groups in total. The first-order valence-corrected chi connectivity index (χ1v) is 10.8. The van der Waals surface area contributed by atoms with Crippen LogP contribution in [0.15, 0.2) is 24.3 Å². The fraction of sp³-hybridized carbons (Fsp3) is 0.273. The third-order valence-electron chi connectivity index (χ3n) is 2.40. The molecule has 0 heterocycles. The zero-order valence-electron chi connectivity index (χ0n) is 8.22. The van der Waals surface area contributed by atoms with Gasteiger partial charge in [-0.25, -0.2) is 0 Å². The second kappa shape index (κ2) is 6.10. The van der Waals surface area contributed by atoms with Crippen molar-refractivity contribution in [2.24, 2.45) is 0 Å². The molecular weight excluding hydrogens is 294 g/mol. The molecule has 0 nitrogen and oxygen atoms in total. The van der Waals surface area contributed by atoms with E-state index >= 15 is 0 Å². The summed E-state index contributed by atoms with van der Waals surface area (Å²) in [4.78, 5) is 0. The molecule has 0 aliphatic heterocycles. The summed E-state index contributed by atoms with van der Waals surface area (Å²) in [5.41, 5.74) is 4.30. The Morgan fingerprint density at radius 1 is 1.29 bits per heavy atom. The van der Waals surface area contributed by atoms with Crippen molar-refractivity contribution in [2.45, 2.75) is 19.8 Å². The van der Waals surface area contributed by atoms with Gasteiger partial charge in [-0.3, -0.25) is 0 Å². The Labute approximate surface area is 104 Å². The van der Waals surface area contributed by atoms with Crippen LogP contribution in [0.5, 0.6) is 0 Å². The van der Waals surface area contributed by atoms with Crippen molar-refractivity contribution in [1.82, 2.24) is 0 Å². The number of hydrogen-bond donors (Lipinski definition) is 0. The van der Waals surface area contributed by atoms with Gasteiger partial charge in [-0.1, -0.05) is 37.3 Å². The Hall–Kier alpha value is 0.423. The van der Waals surface area contributed by atoms with Crippen LogP contribution in [0.1, 0.15) is 29.5 Å². The summed E-state index contributed by atoms with van der Waals surface area (Å²) in [7, 11) is 9.87. The van der Waals surface area contributed by atoms with Crippen molar-refractivity contribution < 1.29 is 20.8 Å². The van der Waals surface area contributed by atoms with Crippen LogP contribution in [0.25, 0.3) is 6.08 Å². The number of fused-ring (bicyclic) bond motifs is 1. The van der Waals surface area contributed by atoms with Crippen LogP contribution in [-0.2, 0) is 20.8 Å². The fourth-order valence-corrected chi connectivity index (χ4v) is 1.67. The predicted molar refractivity (Wildman–Crippen MR) is 60.3 cm³/mol.